The summed E-state index contributed by atoms with van der Waals surface area (Å²) in [6, 6.07) is 13.0. The van der Waals surface area contributed by atoms with Gasteiger partial charge in [0.05, 0.1) is 20.3 Å². The molecule has 3 aromatic rings. The van der Waals surface area contributed by atoms with Crippen molar-refractivity contribution in [2.24, 2.45) is 5.92 Å². The third-order valence-corrected chi connectivity index (χ3v) is 5.53. The normalized spacial score (nSPS) is 16.5. The number of fused-ring (bicyclic) bond motifs is 1. The molecule has 1 fully saturated rings. The van der Waals surface area contributed by atoms with Gasteiger partial charge in [-0.15, -0.1) is 0 Å². The maximum Gasteiger partial charge on any atom is 0.254 e. The van der Waals surface area contributed by atoms with Gasteiger partial charge < -0.3 is 23.5 Å². The summed E-state index contributed by atoms with van der Waals surface area (Å²) in [6.45, 7) is 2.55. The lowest BCUT2D eigenvalue weighted by atomic mass is 9.98. The van der Waals surface area contributed by atoms with Crippen molar-refractivity contribution < 1.29 is 23.4 Å². The predicted molar refractivity (Wildman–Crippen MR) is 117 cm³/mol. The van der Waals surface area contributed by atoms with Crippen molar-refractivity contribution in [3.8, 4) is 11.5 Å². The molecule has 0 N–H and O–H groups in total. The molecule has 1 aliphatic rings. The van der Waals surface area contributed by atoms with Crippen LogP contribution in [0, 0.1) is 5.92 Å². The number of piperidine rings is 1. The van der Waals surface area contributed by atoms with E-state index in [2.05, 4.69) is 4.98 Å². The molecule has 164 valence electrons. The van der Waals surface area contributed by atoms with Crippen molar-refractivity contribution in [1.29, 1.82) is 0 Å². The maximum atomic E-state index is 13.1. The van der Waals surface area contributed by atoms with E-state index in [4.69, 9.17) is 18.6 Å². The minimum atomic E-state index is 0.0165. The van der Waals surface area contributed by atoms with Crippen LogP contribution in [0.5, 0.6) is 11.5 Å². The van der Waals surface area contributed by atoms with Crippen LogP contribution in [0.2, 0.25) is 0 Å². The highest BCUT2D eigenvalue weighted by molar-refractivity contribution is 5.97. The van der Waals surface area contributed by atoms with Crippen LogP contribution in [-0.4, -0.2) is 56.3 Å². The second-order valence-corrected chi connectivity index (χ2v) is 7.78. The lowest BCUT2D eigenvalue weighted by Gasteiger charge is -2.32. The topological polar surface area (TPSA) is 74.0 Å². The number of aromatic nitrogens is 1. The zero-order chi connectivity index (χ0) is 21.6. The maximum absolute atomic E-state index is 13.1. The van der Waals surface area contributed by atoms with Crippen molar-refractivity contribution in [2.75, 3.05) is 40.5 Å². The predicted octanol–water partition coefficient (Wildman–Crippen LogP) is 3.96. The number of nitrogens with zero attached hydrogens (tertiary/aromatic N) is 2. The number of ether oxygens (including phenoxy) is 3. The number of amides is 1. The number of carbonyl (C=O) groups is 1. The molecule has 0 unspecified atom stereocenters. The summed E-state index contributed by atoms with van der Waals surface area (Å²) in [4.78, 5) is 19.5. The summed E-state index contributed by atoms with van der Waals surface area (Å²) in [6.07, 6.45) is 2.61. The van der Waals surface area contributed by atoms with E-state index < -0.39 is 0 Å². The number of methoxy groups -OCH3 is 2. The number of hydrogen-bond acceptors (Lipinski definition) is 6. The van der Waals surface area contributed by atoms with Crippen LogP contribution >= 0.6 is 0 Å². The number of hydrogen-bond donors (Lipinski definition) is 0. The average Bonchev–Trinajstić information content (AvgIpc) is 3.23. The molecule has 31 heavy (non-hydrogen) atoms. The Morgan fingerprint density at radius 2 is 2.06 bits per heavy atom. The summed E-state index contributed by atoms with van der Waals surface area (Å²) in [5.41, 5.74) is 2.01. The van der Waals surface area contributed by atoms with E-state index in [1.54, 1.807) is 20.3 Å². The van der Waals surface area contributed by atoms with E-state index in [-0.39, 0.29) is 5.91 Å². The van der Waals surface area contributed by atoms with Gasteiger partial charge in [0.25, 0.3) is 5.91 Å². The quantitative estimate of drug-likeness (QED) is 0.545. The Bertz CT molecular complexity index is 1030. The van der Waals surface area contributed by atoms with E-state index in [1.807, 2.05) is 41.3 Å². The summed E-state index contributed by atoms with van der Waals surface area (Å²) < 4.78 is 22.1. The van der Waals surface area contributed by atoms with E-state index >= 15 is 0 Å². The summed E-state index contributed by atoms with van der Waals surface area (Å²) in [5.74, 6) is 2.48. The van der Waals surface area contributed by atoms with Gasteiger partial charge in [0.2, 0.25) is 0 Å². The molecule has 0 aliphatic carbocycles. The fourth-order valence-electron chi connectivity index (χ4n) is 3.87. The van der Waals surface area contributed by atoms with Crippen molar-refractivity contribution in [2.45, 2.75) is 19.3 Å². The number of benzene rings is 2. The SMILES string of the molecule is COCCc1nc2ccc(C(=O)N3CCC[C@@H](COc4cccc(OC)c4)C3)cc2o1. The zero-order valence-corrected chi connectivity index (χ0v) is 18.0. The Balaban J connectivity index is 1.38. The lowest BCUT2D eigenvalue weighted by molar-refractivity contribution is 0.0633. The minimum Gasteiger partial charge on any atom is -0.497 e. The first-order valence-corrected chi connectivity index (χ1v) is 10.6. The standard InChI is InChI=1S/C24H28N2O5/c1-28-12-10-23-25-21-9-8-18(13-22(21)31-23)24(27)26-11-4-5-17(15-26)16-30-20-7-3-6-19(14-20)29-2/h3,6-9,13-14,17H,4-5,10-12,15-16H2,1-2H3/t17-/m1/s1. The minimum absolute atomic E-state index is 0.0165. The van der Waals surface area contributed by atoms with Gasteiger partial charge in [-0.25, -0.2) is 4.98 Å². The summed E-state index contributed by atoms with van der Waals surface area (Å²) in [7, 11) is 3.29. The number of oxazole rings is 1. The van der Waals surface area contributed by atoms with Gasteiger partial charge >= 0.3 is 0 Å². The molecule has 1 atom stereocenters. The molecule has 1 aliphatic heterocycles. The molecule has 0 spiro atoms. The number of rotatable bonds is 8. The van der Waals surface area contributed by atoms with Gasteiger partial charge in [-0.2, -0.15) is 0 Å². The monoisotopic (exact) mass is 424 g/mol. The molecule has 4 rings (SSSR count). The average molecular weight is 424 g/mol. The van der Waals surface area contributed by atoms with Crippen molar-refractivity contribution in [3.63, 3.8) is 0 Å². The first-order chi connectivity index (χ1) is 15.2. The van der Waals surface area contributed by atoms with Crippen LogP contribution in [0.15, 0.2) is 46.9 Å². The molecule has 0 radical (unpaired) electrons. The molecular formula is C24H28N2O5. The Hall–Kier alpha value is -3.06. The third kappa shape index (κ3) is 5.17. The fraction of sp³-hybridized carbons (Fsp3) is 0.417. The Morgan fingerprint density at radius 3 is 2.90 bits per heavy atom. The molecule has 0 saturated carbocycles. The van der Waals surface area contributed by atoms with Crippen LogP contribution in [0.3, 0.4) is 0 Å². The second kappa shape index (κ2) is 9.83. The van der Waals surface area contributed by atoms with Gasteiger partial charge in [-0.1, -0.05) is 6.07 Å². The highest BCUT2D eigenvalue weighted by Crippen LogP contribution is 2.24. The zero-order valence-electron chi connectivity index (χ0n) is 18.0. The third-order valence-electron chi connectivity index (χ3n) is 5.53. The van der Waals surface area contributed by atoms with E-state index in [9.17, 15) is 4.79 Å². The summed E-state index contributed by atoms with van der Waals surface area (Å²) >= 11 is 0. The molecule has 7 nitrogen and oxygen atoms in total. The highest BCUT2D eigenvalue weighted by atomic mass is 16.5. The Morgan fingerprint density at radius 1 is 1.19 bits per heavy atom. The Kier molecular flexibility index (Phi) is 6.72. The molecule has 1 saturated heterocycles. The summed E-state index contributed by atoms with van der Waals surface area (Å²) in [5, 5.41) is 0. The smallest absolute Gasteiger partial charge is 0.254 e. The van der Waals surface area contributed by atoms with E-state index in [0.29, 0.717) is 49.1 Å². The number of carbonyl (C=O) groups excluding carboxylic acids is 1. The molecule has 1 amide bonds. The van der Waals surface area contributed by atoms with Gasteiger partial charge in [0.15, 0.2) is 11.5 Å². The van der Waals surface area contributed by atoms with Crippen LogP contribution < -0.4 is 9.47 Å². The molecular weight excluding hydrogens is 396 g/mol. The molecule has 0 bridgehead atoms. The molecule has 7 heteroatoms. The van der Waals surface area contributed by atoms with E-state index in [1.165, 1.54) is 0 Å². The van der Waals surface area contributed by atoms with Gasteiger partial charge in [-0.3, -0.25) is 4.79 Å². The van der Waals surface area contributed by atoms with E-state index in [0.717, 1.165) is 36.4 Å². The van der Waals surface area contributed by atoms with Crippen molar-refractivity contribution in [3.05, 3.63) is 53.9 Å². The van der Waals surface area contributed by atoms with Crippen LogP contribution in [0.4, 0.5) is 0 Å². The van der Waals surface area contributed by atoms with Gasteiger partial charge in [0.1, 0.15) is 17.0 Å². The molecule has 2 aromatic carbocycles. The first kappa shape index (κ1) is 21.2. The highest BCUT2D eigenvalue weighted by Gasteiger charge is 2.25. The van der Waals surface area contributed by atoms with Crippen LogP contribution in [0.1, 0.15) is 29.1 Å². The van der Waals surface area contributed by atoms with Crippen molar-refractivity contribution in [1.82, 2.24) is 9.88 Å². The fourth-order valence-corrected chi connectivity index (χ4v) is 3.87. The van der Waals surface area contributed by atoms with Crippen LogP contribution in [0.25, 0.3) is 11.1 Å². The number of likely N-dealkylation sites (tertiary alicyclic amines) is 1. The largest absolute Gasteiger partial charge is 0.497 e. The second-order valence-electron chi connectivity index (χ2n) is 7.78. The van der Waals surface area contributed by atoms with Gasteiger partial charge in [0, 0.05) is 44.2 Å². The molecule has 1 aromatic heterocycles. The first-order valence-electron chi connectivity index (χ1n) is 10.6. The lowest BCUT2D eigenvalue weighted by Crippen LogP contribution is -2.41. The Labute approximate surface area is 181 Å². The molecule has 2 heterocycles. The van der Waals surface area contributed by atoms with Crippen LogP contribution in [-0.2, 0) is 11.2 Å². The van der Waals surface area contributed by atoms with Crippen molar-refractivity contribution >= 4 is 17.0 Å². The van der Waals surface area contributed by atoms with Gasteiger partial charge in [-0.05, 0) is 43.2 Å².